The third-order valence-electron chi connectivity index (χ3n) is 4.55. The molecule has 2 aromatic carbocycles. The largest absolute Gasteiger partial charge is 0.345 e. The summed E-state index contributed by atoms with van der Waals surface area (Å²) in [5.74, 6) is -0.749. The first-order chi connectivity index (χ1) is 13.0. The van der Waals surface area contributed by atoms with Crippen molar-refractivity contribution in [3.63, 3.8) is 0 Å². The van der Waals surface area contributed by atoms with Crippen molar-refractivity contribution in [2.75, 3.05) is 5.32 Å². The standard InChI is InChI=1S/C20H17FN4O2/c1-12(13-6-7-17-14(8-13)9-19(26)24-17)23-20(27)15-10-22-25(11-15)18-5-3-2-4-16(18)21/h2-8,10-12H,9H2,1H3,(H,23,27)(H,24,26). The van der Waals surface area contributed by atoms with Gasteiger partial charge >= 0.3 is 0 Å². The van der Waals surface area contributed by atoms with Crippen molar-refractivity contribution in [3.05, 3.63) is 77.4 Å². The van der Waals surface area contributed by atoms with E-state index in [1.807, 2.05) is 25.1 Å². The molecule has 7 heteroatoms. The maximum atomic E-state index is 13.9. The lowest BCUT2D eigenvalue weighted by Crippen LogP contribution is -2.26. The van der Waals surface area contributed by atoms with Gasteiger partial charge < -0.3 is 10.6 Å². The predicted molar refractivity (Wildman–Crippen MR) is 98.2 cm³/mol. The zero-order chi connectivity index (χ0) is 19.0. The number of rotatable bonds is 4. The average Bonchev–Trinajstić information content (AvgIpc) is 3.27. The van der Waals surface area contributed by atoms with Crippen LogP contribution in [0, 0.1) is 5.82 Å². The van der Waals surface area contributed by atoms with E-state index in [2.05, 4.69) is 15.7 Å². The molecule has 3 aromatic rings. The zero-order valence-corrected chi connectivity index (χ0v) is 14.6. The number of hydrogen-bond acceptors (Lipinski definition) is 3. The summed E-state index contributed by atoms with van der Waals surface area (Å²) < 4.78 is 15.2. The fraction of sp³-hybridized carbons (Fsp3) is 0.150. The Labute approximate surface area is 155 Å². The summed E-state index contributed by atoms with van der Waals surface area (Å²) in [6.07, 6.45) is 3.24. The SMILES string of the molecule is CC(NC(=O)c1cnn(-c2ccccc2F)c1)c1ccc2c(c1)CC(=O)N2. The molecule has 2 N–H and O–H groups in total. The molecule has 4 rings (SSSR count). The second kappa shape index (κ2) is 6.68. The minimum Gasteiger partial charge on any atom is -0.345 e. The Balaban J connectivity index is 1.49. The van der Waals surface area contributed by atoms with Gasteiger partial charge in [-0.25, -0.2) is 9.07 Å². The molecule has 0 saturated carbocycles. The van der Waals surface area contributed by atoms with Crippen LogP contribution in [0.2, 0.25) is 0 Å². The summed E-state index contributed by atoms with van der Waals surface area (Å²) in [5.41, 5.74) is 3.25. The van der Waals surface area contributed by atoms with Crippen LogP contribution < -0.4 is 10.6 Å². The Morgan fingerprint density at radius 2 is 2.11 bits per heavy atom. The van der Waals surface area contributed by atoms with Gasteiger partial charge in [0.2, 0.25) is 5.91 Å². The molecular weight excluding hydrogens is 347 g/mol. The second-order valence-corrected chi connectivity index (χ2v) is 6.46. The van der Waals surface area contributed by atoms with Crippen LogP contribution in [0.5, 0.6) is 0 Å². The summed E-state index contributed by atoms with van der Waals surface area (Å²) in [7, 11) is 0. The van der Waals surface area contributed by atoms with Gasteiger partial charge in [-0.1, -0.05) is 24.3 Å². The van der Waals surface area contributed by atoms with Gasteiger partial charge in [0, 0.05) is 11.9 Å². The Morgan fingerprint density at radius 3 is 2.93 bits per heavy atom. The molecule has 0 radical (unpaired) electrons. The average molecular weight is 364 g/mol. The number of halogens is 1. The first-order valence-electron chi connectivity index (χ1n) is 8.54. The number of carbonyl (C=O) groups is 2. The fourth-order valence-electron chi connectivity index (χ4n) is 3.09. The van der Waals surface area contributed by atoms with Gasteiger partial charge in [-0.05, 0) is 36.2 Å². The third-order valence-corrected chi connectivity index (χ3v) is 4.55. The van der Waals surface area contributed by atoms with E-state index in [1.54, 1.807) is 18.2 Å². The van der Waals surface area contributed by atoms with Crippen LogP contribution in [-0.2, 0) is 11.2 Å². The monoisotopic (exact) mass is 364 g/mol. The topological polar surface area (TPSA) is 76.0 Å². The number of carbonyl (C=O) groups excluding carboxylic acids is 2. The van der Waals surface area contributed by atoms with Crippen molar-refractivity contribution in [1.29, 1.82) is 0 Å². The molecule has 1 aliphatic rings. The molecular formula is C20H17FN4O2. The molecule has 2 amide bonds. The van der Waals surface area contributed by atoms with E-state index in [-0.39, 0.29) is 23.5 Å². The van der Waals surface area contributed by atoms with Crippen LogP contribution in [-0.4, -0.2) is 21.6 Å². The van der Waals surface area contributed by atoms with Crippen molar-refractivity contribution >= 4 is 17.5 Å². The number of nitrogens with zero attached hydrogens (tertiary/aromatic N) is 2. The van der Waals surface area contributed by atoms with Gasteiger partial charge in [0.05, 0.1) is 24.2 Å². The smallest absolute Gasteiger partial charge is 0.254 e. The van der Waals surface area contributed by atoms with E-state index in [9.17, 15) is 14.0 Å². The lowest BCUT2D eigenvalue weighted by atomic mass is 10.0. The van der Waals surface area contributed by atoms with E-state index < -0.39 is 5.82 Å². The summed E-state index contributed by atoms with van der Waals surface area (Å²) in [6.45, 7) is 1.87. The van der Waals surface area contributed by atoms with E-state index in [0.717, 1.165) is 16.8 Å². The molecule has 0 saturated heterocycles. The highest BCUT2D eigenvalue weighted by atomic mass is 19.1. The summed E-state index contributed by atoms with van der Waals surface area (Å²) in [6, 6.07) is 11.6. The Bertz CT molecular complexity index is 1040. The van der Waals surface area contributed by atoms with Crippen molar-refractivity contribution in [3.8, 4) is 5.69 Å². The number of hydrogen-bond donors (Lipinski definition) is 2. The highest BCUT2D eigenvalue weighted by molar-refractivity contribution is 5.99. The Kier molecular flexibility index (Phi) is 4.19. The van der Waals surface area contributed by atoms with Crippen LogP contribution in [0.25, 0.3) is 5.69 Å². The molecule has 0 bridgehead atoms. The molecule has 1 unspecified atom stereocenters. The Morgan fingerprint density at radius 1 is 1.30 bits per heavy atom. The van der Waals surface area contributed by atoms with Crippen molar-refractivity contribution < 1.29 is 14.0 Å². The maximum Gasteiger partial charge on any atom is 0.254 e. The first kappa shape index (κ1) is 17.0. The van der Waals surface area contributed by atoms with E-state index >= 15 is 0 Å². The number of fused-ring (bicyclic) bond motifs is 1. The van der Waals surface area contributed by atoms with Gasteiger partial charge in [-0.3, -0.25) is 9.59 Å². The molecule has 1 aliphatic heterocycles. The van der Waals surface area contributed by atoms with Gasteiger partial charge in [-0.2, -0.15) is 5.10 Å². The number of aromatic nitrogens is 2. The molecule has 27 heavy (non-hydrogen) atoms. The molecule has 0 spiro atoms. The summed E-state index contributed by atoms with van der Waals surface area (Å²) in [5, 5.41) is 9.76. The van der Waals surface area contributed by atoms with Gasteiger partial charge in [0.15, 0.2) is 0 Å². The lowest BCUT2D eigenvalue weighted by molar-refractivity contribution is -0.115. The van der Waals surface area contributed by atoms with Crippen molar-refractivity contribution in [2.45, 2.75) is 19.4 Å². The fourth-order valence-corrected chi connectivity index (χ4v) is 3.09. The minimum absolute atomic E-state index is 0.0283. The van der Waals surface area contributed by atoms with Crippen LogP contribution in [0.3, 0.4) is 0 Å². The van der Waals surface area contributed by atoms with E-state index in [0.29, 0.717) is 12.0 Å². The van der Waals surface area contributed by atoms with Gasteiger partial charge in [-0.15, -0.1) is 0 Å². The summed E-state index contributed by atoms with van der Waals surface area (Å²) >= 11 is 0. The van der Waals surface area contributed by atoms with Crippen molar-refractivity contribution in [2.24, 2.45) is 0 Å². The minimum atomic E-state index is -0.415. The van der Waals surface area contributed by atoms with Crippen molar-refractivity contribution in [1.82, 2.24) is 15.1 Å². The Hall–Kier alpha value is -3.48. The molecule has 1 aromatic heterocycles. The predicted octanol–water partition coefficient (Wildman–Crippen LogP) is 3.00. The van der Waals surface area contributed by atoms with Crippen LogP contribution in [0.1, 0.15) is 34.5 Å². The summed E-state index contributed by atoms with van der Waals surface area (Å²) in [4.78, 5) is 24.0. The van der Waals surface area contributed by atoms with E-state index in [4.69, 9.17) is 0 Å². The molecule has 6 nitrogen and oxygen atoms in total. The normalized spacial score (nSPS) is 13.8. The molecule has 0 aliphatic carbocycles. The first-order valence-corrected chi connectivity index (χ1v) is 8.54. The van der Waals surface area contributed by atoms with Gasteiger partial charge in [0.25, 0.3) is 5.91 Å². The molecule has 1 atom stereocenters. The molecule has 2 heterocycles. The number of benzene rings is 2. The van der Waals surface area contributed by atoms with E-state index in [1.165, 1.54) is 23.1 Å². The number of nitrogens with one attached hydrogen (secondary N) is 2. The van der Waals surface area contributed by atoms with Crippen LogP contribution in [0.4, 0.5) is 10.1 Å². The number of para-hydroxylation sites is 1. The lowest BCUT2D eigenvalue weighted by Gasteiger charge is -2.14. The molecule has 136 valence electrons. The quantitative estimate of drug-likeness (QED) is 0.747. The number of anilines is 1. The number of amides is 2. The third kappa shape index (κ3) is 3.31. The van der Waals surface area contributed by atoms with Crippen LogP contribution in [0.15, 0.2) is 54.9 Å². The highest BCUT2D eigenvalue weighted by Crippen LogP contribution is 2.26. The second-order valence-electron chi connectivity index (χ2n) is 6.46. The zero-order valence-electron chi connectivity index (χ0n) is 14.6. The molecule has 0 fully saturated rings. The maximum absolute atomic E-state index is 13.9. The van der Waals surface area contributed by atoms with Gasteiger partial charge in [0.1, 0.15) is 11.5 Å². The highest BCUT2D eigenvalue weighted by Gasteiger charge is 2.20. The van der Waals surface area contributed by atoms with Crippen LogP contribution >= 0.6 is 0 Å².